The fraction of sp³-hybridized carbons (Fsp3) is 0.474. The van der Waals surface area contributed by atoms with Gasteiger partial charge in [-0.05, 0) is 58.7 Å². The lowest BCUT2D eigenvalue weighted by Crippen LogP contribution is -2.41. The van der Waals surface area contributed by atoms with Gasteiger partial charge >= 0.3 is 6.09 Å². The molecule has 0 bridgehead atoms. The normalized spacial score (nSPS) is 15.0. The van der Waals surface area contributed by atoms with Gasteiger partial charge in [0.1, 0.15) is 5.60 Å². The zero-order valence-corrected chi connectivity index (χ0v) is 15.2. The lowest BCUT2D eigenvalue weighted by molar-refractivity contribution is 0.0497. The van der Waals surface area contributed by atoms with E-state index in [0.29, 0.717) is 16.5 Å². The Morgan fingerprint density at radius 2 is 2.00 bits per heavy atom. The molecular weight excluding hydrogens is 326 g/mol. The molecule has 0 spiro atoms. The number of carbonyl (C=O) groups excluding carboxylic acids is 2. The molecular formula is C19H22ClNO3. The molecule has 0 heterocycles. The maximum absolute atomic E-state index is 12.5. The van der Waals surface area contributed by atoms with Gasteiger partial charge in [0.15, 0.2) is 5.78 Å². The Balaban J connectivity index is 2.03. The lowest BCUT2D eigenvalue weighted by Gasteiger charge is -2.21. The summed E-state index contributed by atoms with van der Waals surface area (Å²) in [4.78, 5) is 24.2. The number of amides is 1. The Labute approximate surface area is 147 Å². The van der Waals surface area contributed by atoms with Crippen molar-refractivity contribution < 1.29 is 14.3 Å². The van der Waals surface area contributed by atoms with E-state index in [1.165, 1.54) is 0 Å². The molecule has 2 rings (SSSR count). The number of rotatable bonds is 3. The zero-order chi connectivity index (χ0) is 17.9. The van der Waals surface area contributed by atoms with E-state index in [1.54, 1.807) is 45.9 Å². The molecule has 4 nitrogen and oxygen atoms in total. The van der Waals surface area contributed by atoms with Gasteiger partial charge in [-0.25, -0.2) is 4.79 Å². The first kappa shape index (κ1) is 18.4. The predicted molar refractivity (Wildman–Crippen MR) is 94.2 cm³/mol. The van der Waals surface area contributed by atoms with Crippen LogP contribution in [0, 0.1) is 17.8 Å². The third-order valence-electron chi connectivity index (χ3n) is 3.36. The number of halogens is 1. The van der Waals surface area contributed by atoms with E-state index in [1.807, 2.05) is 0 Å². The first-order chi connectivity index (χ1) is 11.2. The average molecular weight is 348 g/mol. The Morgan fingerprint density at radius 1 is 1.33 bits per heavy atom. The Bertz CT molecular complexity index is 706. The van der Waals surface area contributed by atoms with Crippen LogP contribution in [0.4, 0.5) is 4.79 Å². The van der Waals surface area contributed by atoms with Gasteiger partial charge in [0, 0.05) is 17.0 Å². The minimum Gasteiger partial charge on any atom is -0.444 e. The third kappa shape index (κ3) is 5.58. The van der Waals surface area contributed by atoms with Crippen molar-refractivity contribution in [2.75, 3.05) is 0 Å². The molecule has 0 aromatic heterocycles. The third-order valence-corrected chi connectivity index (χ3v) is 3.67. The summed E-state index contributed by atoms with van der Waals surface area (Å²) in [6.07, 6.45) is 1.68. The molecule has 1 aromatic rings. The first-order valence-corrected chi connectivity index (χ1v) is 8.38. The molecule has 24 heavy (non-hydrogen) atoms. The Kier molecular flexibility index (Phi) is 5.56. The van der Waals surface area contributed by atoms with Crippen molar-refractivity contribution in [3.8, 4) is 11.8 Å². The highest BCUT2D eigenvalue weighted by Gasteiger charge is 2.23. The van der Waals surface area contributed by atoms with Crippen LogP contribution in [0.25, 0.3) is 0 Å². The van der Waals surface area contributed by atoms with Crippen LogP contribution >= 0.6 is 11.6 Å². The van der Waals surface area contributed by atoms with Crippen molar-refractivity contribution in [1.29, 1.82) is 0 Å². The summed E-state index contributed by atoms with van der Waals surface area (Å²) < 4.78 is 5.15. The van der Waals surface area contributed by atoms with Crippen molar-refractivity contribution in [1.82, 2.24) is 5.32 Å². The Hall–Kier alpha value is -1.99. The molecule has 1 fully saturated rings. The monoisotopic (exact) mass is 347 g/mol. The second-order valence-electron chi connectivity index (χ2n) is 6.97. The molecule has 1 unspecified atom stereocenters. The minimum absolute atomic E-state index is 0.271. The molecule has 0 aliphatic heterocycles. The second-order valence-corrected chi connectivity index (χ2v) is 7.38. The molecule has 1 aliphatic carbocycles. The SMILES string of the molecule is CC(NC(=O)OC(C)(C)C)C(=O)c1ccc(C#CC2CC2)cc1Cl. The van der Waals surface area contributed by atoms with Crippen LogP contribution in [0.5, 0.6) is 0 Å². The van der Waals surface area contributed by atoms with Gasteiger partial charge in [0.2, 0.25) is 0 Å². The van der Waals surface area contributed by atoms with Gasteiger partial charge in [-0.1, -0.05) is 23.4 Å². The van der Waals surface area contributed by atoms with Crippen molar-refractivity contribution in [2.45, 2.75) is 52.2 Å². The number of alkyl carbamates (subject to hydrolysis) is 1. The van der Waals surface area contributed by atoms with E-state index in [0.717, 1.165) is 18.4 Å². The molecule has 5 heteroatoms. The van der Waals surface area contributed by atoms with E-state index in [4.69, 9.17) is 16.3 Å². The molecule has 0 saturated heterocycles. The molecule has 1 amide bonds. The van der Waals surface area contributed by atoms with E-state index >= 15 is 0 Å². The summed E-state index contributed by atoms with van der Waals surface area (Å²) in [5.74, 6) is 6.45. The van der Waals surface area contributed by atoms with Crippen LogP contribution in [0.3, 0.4) is 0 Å². The fourth-order valence-corrected chi connectivity index (χ4v) is 2.26. The van der Waals surface area contributed by atoms with Crippen LogP contribution in [0.2, 0.25) is 5.02 Å². The Morgan fingerprint density at radius 3 is 2.54 bits per heavy atom. The molecule has 0 radical (unpaired) electrons. The number of benzene rings is 1. The van der Waals surface area contributed by atoms with E-state index in [9.17, 15) is 9.59 Å². The molecule has 1 N–H and O–H groups in total. The summed E-state index contributed by atoms with van der Waals surface area (Å²) in [6, 6.07) is 4.37. The van der Waals surface area contributed by atoms with Crippen LogP contribution in [0.15, 0.2) is 18.2 Å². The highest BCUT2D eigenvalue weighted by Crippen LogP contribution is 2.28. The van der Waals surface area contributed by atoms with Gasteiger partial charge < -0.3 is 10.1 Å². The number of ketones is 1. The smallest absolute Gasteiger partial charge is 0.408 e. The summed E-state index contributed by atoms with van der Waals surface area (Å²) >= 11 is 6.21. The molecule has 1 atom stereocenters. The van der Waals surface area contributed by atoms with Gasteiger partial charge in [-0.15, -0.1) is 0 Å². The van der Waals surface area contributed by atoms with Gasteiger partial charge in [0.25, 0.3) is 0 Å². The fourth-order valence-electron chi connectivity index (χ4n) is 1.99. The van der Waals surface area contributed by atoms with Crippen molar-refractivity contribution in [3.05, 3.63) is 34.3 Å². The van der Waals surface area contributed by atoms with Gasteiger partial charge in [-0.2, -0.15) is 0 Å². The molecule has 128 valence electrons. The second kappa shape index (κ2) is 7.27. The maximum Gasteiger partial charge on any atom is 0.408 e. The first-order valence-electron chi connectivity index (χ1n) is 8.00. The lowest BCUT2D eigenvalue weighted by atomic mass is 10.0. The largest absolute Gasteiger partial charge is 0.444 e. The number of hydrogen-bond acceptors (Lipinski definition) is 3. The summed E-state index contributed by atoms with van der Waals surface area (Å²) in [5.41, 5.74) is 0.528. The molecule has 1 aliphatic rings. The molecule has 1 saturated carbocycles. The van der Waals surface area contributed by atoms with Crippen molar-refractivity contribution >= 4 is 23.5 Å². The molecule has 1 aromatic carbocycles. The maximum atomic E-state index is 12.5. The number of nitrogens with one attached hydrogen (secondary N) is 1. The zero-order valence-electron chi connectivity index (χ0n) is 14.4. The van der Waals surface area contributed by atoms with Crippen LogP contribution in [-0.2, 0) is 4.74 Å². The predicted octanol–water partition coefficient (Wildman–Crippen LogP) is 4.20. The van der Waals surface area contributed by atoms with E-state index in [-0.39, 0.29) is 5.78 Å². The van der Waals surface area contributed by atoms with E-state index < -0.39 is 17.7 Å². The standard InChI is InChI=1S/C19H22ClNO3/c1-12(21-18(23)24-19(2,3)4)17(22)15-10-9-14(11-16(15)20)8-7-13-5-6-13/h9-13H,5-6H2,1-4H3,(H,21,23). The number of hydrogen-bond donors (Lipinski definition) is 1. The van der Waals surface area contributed by atoms with Gasteiger partial charge in [0.05, 0.1) is 11.1 Å². The average Bonchev–Trinajstić information content (AvgIpc) is 3.26. The van der Waals surface area contributed by atoms with Gasteiger partial charge in [-0.3, -0.25) is 4.79 Å². The topological polar surface area (TPSA) is 55.4 Å². The summed E-state index contributed by atoms with van der Waals surface area (Å²) in [5, 5.41) is 2.86. The number of ether oxygens (including phenoxy) is 1. The number of Topliss-reactive ketones (excluding diaryl/α,β-unsaturated/α-hetero) is 1. The van der Waals surface area contributed by atoms with Crippen LogP contribution < -0.4 is 5.32 Å². The van der Waals surface area contributed by atoms with Crippen LogP contribution in [0.1, 0.15) is 56.5 Å². The van der Waals surface area contributed by atoms with Crippen molar-refractivity contribution in [2.24, 2.45) is 5.92 Å². The van der Waals surface area contributed by atoms with Crippen molar-refractivity contribution in [3.63, 3.8) is 0 Å². The highest BCUT2D eigenvalue weighted by atomic mass is 35.5. The summed E-state index contributed by atoms with van der Waals surface area (Å²) in [6.45, 7) is 6.88. The quantitative estimate of drug-likeness (QED) is 0.658. The highest BCUT2D eigenvalue weighted by molar-refractivity contribution is 6.34. The summed E-state index contributed by atoms with van der Waals surface area (Å²) in [7, 11) is 0. The minimum atomic E-state index is -0.735. The van der Waals surface area contributed by atoms with Crippen LogP contribution in [-0.4, -0.2) is 23.5 Å². The number of carbonyl (C=O) groups is 2. The van der Waals surface area contributed by atoms with E-state index in [2.05, 4.69) is 17.2 Å².